The summed E-state index contributed by atoms with van der Waals surface area (Å²) in [4.78, 5) is 0.00405. The van der Waals surface area contributed by atoms with E-state index in [0.717, 1.165) is 11.3 Å². The van der Waals surface area contributed by atoms with Crippen molar-refractivity contribution in [2.75, 3.05) is 0 Å². The molecule has 0 aromatic carbocycles. The van der Waals surface area contributed by atoms with Gasteiger partial charge in [0.15, 0.2) is 0 Å². The van der Waals surface area contributed by atoms with Crippen molar-refractivity contribution in [2.24, 2.45) is 5.73 Å². The van der Waals surface area contributed by atoms with Crippen molar-refractivity contribution < 1.29 is 8.78 Å². The Morgan fingerprint density at radius 2 is 2.17 bits per heavy atom. The van der Waals surface area contributed by atoms with Gasteiger partial charge in [-0.05, 0) is 35.0 Å². The van der Waals surface area contributed by atoms with E-state index in [-0.39, 0.29) is 4.88 Å². The molecule has 0 saturated heterocycles. The van der Waals surface area contributed by atoms with Crippen molar-refractivity contribution in [3.8, 4) is 0 Å². The van der Waals surface area contributed by atoms with Crippen LogP contribution in [0, 0.1) is 0 Å². The molecule has 0 aliphatic heterocycles. The summed E-state index contributed by atoms with van der Waals surface area (Å²) in [5, 5.41) is 0. The Labute approximate surface area is 81.7 Å². The first-order valence-corrected chi connectivity index (χ1v) is 4.94. The van der Waals surface area contributed by atoms with Gasteiger partial charge in [-0.25, -0.2) is 0 Å². The molecule has 2 N–H and O–H groups in total. The number of rotatable bonds is 2. The molecule has 1 aromatic heterocycles. The molecule has 1 unspecified atom stereocenters. The van der Waals surface area contributed by atoms with Crippen LogP contribution >= 0.6 is 27.3 Å². The molecule has 5 heteroatoms. The highest BCUT2D eigenvalue weighted by atomic mass is 79.9. The van der Waals surface area contributed by atoms with E-state index in [0.29, 0.717) is 3.79 Å². The Morgan fingerprint density at radius 3 is 2.50 bits per heavy atom. The standard InChI is InChI=1S/C7H8BrF2NS/c1-4(11)7(9,10)5-2-3-6(8)12-5/h2-4H,11H2,1H3. The zero-order valence-electron chi connectivity index (χ0n) is 6.35. The first kappa shape index (κ1) is 10.1. The maximum absolute atomic E-state index is 13.2. The van der Waals surface area contributed by atoms with E-state index in [1.54, 1.807) is 6.07 Å². The van der Waals surface area contributed by atoms with E-state index in [1.165, 1.54) is 13.0 Å². The molecule has 0 bridgehead atoms. The van der Waals surface area contributed by atoms with Gasteiger partial charge in [-0.3, -0.25) is 0 Å². The predicted molar refractivity (Wildman–Crippen MR) is 49.6 cm³/mol. The molecule has 0 aliphatic carbocycles. The summed E-state index contributed by atoms with van der Waals surface area (Å²) in [6.07, 6.45) is 0. The van der Waals surface area contributed by atoms with E-state index < -0.39 is 12.0 Å². The average molecular weight is 256 g/mol. The first-order valence-electron chi connectivity index (χ1n) is 3.34. The van der Waals surface area contributed by atoms with Crippen LogP contribution < -0.4 is 5.73 Å². The largest absolute Gasteiger partial charge is 0.323 e. The second-order valence-corrected chi connectivity index (χ2v) is 4.98. The van der Waals surface area contributed by atoms with Crippen LogP contribution in [0.3, 0.4) is 0 Å². The Hall–Kier alpha value is -0.0000000000000000833. The highest BCUT2D eigenvalue weighted by molar-refractivity contribution is 9.11. The van der Waals surface area contributed by atoms with Crippen LogP contribution in [0.2, 0.25) is 0 Å². The summed E-state index contributed by atoms with van der Waals surface area (Å²) in [7, 11) is 0. The lowest BCUT2D eigenvalue weighted by Crippen LogP contribution is -2.35. The van der Waals surface area contributed by atoms with E-state index in [9.17, 15) is 8.78 Å². The van der Waals surface area contributed by atoms with Crippen molar-refractivity contribution in [3.63, 3.8) is 0 Å². The van der Waals surface area contributed by atoms with Crippen molar-refractivity contribution in [1.82, 2.24) is 0 Å². The quantitative estimate of drug-likeness (QED) is 0.864. The number of thiophene rings is 1. The second kappa shape index (κ2) is 3.40. The van der Waals surface area contributed by atoms with Crippen molar-refractivity contribution in [3.05, 3.63) is 20.8 Å². The summed E-state index contributed by atoms with van der Waals surface area (Å²) < 4.78 is 27.0. The molecular weight excluding hydrogens is 248 g/mol. The van der Waals surface area contributed by atoms with E-state index >= 15 is 0 Å². The van der Waals surface area contributed by atoms with Gasteiger partial charge in [0.2, 0.25) is 0 Å². The Bertz CT molecular complexity index is 272. The number of hydrogen-bond acceptors (Lipinski definition) is 2. The Kier molecular flexibility index (Phi) is 2.85. The molecule has 0 aliphatic rings. The van der Waals surface area contributed by atoms with Crippen molar-refractivity contribution in [2.45, 2.75) is 18.9 Å². The third kappa shape index (κ3) is 1.84. The molecule has 1 atom stereocenters. The molecule has 1 nitrogen and oxygen atoms in total. The molecule has 0 amide bonds. The molecule has 0 radical (unpaired) electrons. The zero-order valence-corrected chi connectivity index (χ0v) is 8.75. The minimum Gasteiger partial charge on any atom is -0.323 e. The number of alkyl halides is 2. The van der Waals surface area contributed by atoms with Gasteiger partial charge < -0.3 is 5.73 Å². The molecular formula is C7H8BrF2NS. The van der Waals surface area contributed by atoms with Crippen LogP contribution in [0.1, 0.15) is 11.8 Å². The Morgan fingerprint density at radius 1 is 1.58 bits per heavy atom. The minimum absolute atomic E-state index is 0.00405. The average Bonchev–Trinajstić information content (AvgIpc) is 2.35. The van der Waals surface area contributed by atoms with Gasteiger partial charge in [0.05, 0.1) is 14.7 Å². The molecule has 1 aromatic rings. The number of hydrogen-bond donors (Lipinski definition) is 1. The summed E-state index contributed by atoms with van der Waals surface area (Å²) in [5.74, 6) is -2.92. The lowest BCUT2D eigenvalue weighted by Gasteiger charge is -2.17. The first-order chi connectivity index (χ1) is 5.44. The summed E-state index contributed by atoms with van der Waals surface area (Å²) in [6, 6.07) is 1.83. The van der Waals surface area contributed by atoms with Gasteiger partial charge in [-0.15, -0.1) is 11.3 Å². The van der Waals surface area contributed by atoms with Crippen LogP contribution in [0.25, 0.3) is 0 Å². The van der Waals surface area contributed by atoms with Gasteiger partial charge >= 0.3 is 0 Å². The highest BCUT2D eigenvalue weighted by Gasteiger charge is 2.37. The van der Waals surface area contributed by atoms with Gasteiger partial charge in [-0.2, -0.15) is 8.78 Å². The predicted octanol–water partition coefficient (Wildman–Crippen LogP) is 2.95. The monoisotopic (exact) mass is 255 g/mol. The highest BCUT2D eigenvalue weighted by Crippen LogP contribution is 2.37. The fourth-order valence-electron chi connectivity index (χ4n) is 0.718. The number of halogens is 3. The lowest BCUT2D eigenvalue weighted by atomic mass is 10.1. The lowest BCUT2D eigenvalue weighted by molar-refractivity contribution is -0.0219. The molecule has 0 fully saturated rings. The smallest absolute Gasteiger partial charge is 0.296 e. The molecule has 1 rings (SSSR count). The molecule has 0 saturated carbocycles. The zero-order chi connectivity index (χ0) is 9.35. The molecule has 68 valence electrons. The van der Waals surface area contributed by atoms with Crippen molar-refractivity contribution in [1.29, 1.82) is 0 Å². The van der Waals surface area contributed by atoms with Gasteiger partial charge in [0, 0.05) is 0 Å². The third-order valence-electron chi connectivity index (χ3n) is 1.47. The topological polar surface area (TPSA) is 26.0 Å². The normalized spacial score (nSPS) is 14.8. The fourth-order valence-corrected chi connectivity index (χ4v) is 2.18. The van der Waals surface area contributed by atoms with E-state index in [4.69, 9.17) is 5.73 Å². The summed E-state index contributed by atoms with van der Waals surface area (Å²) in [5.41, 5.74) is 5.15. The molecule has 12 heavy (non-hydrogen) atoms. The summed E-state index contributed by atoms with van der Waals surface area (Å²) >= 11 is 4.13. The fraction of sp³-hybridized carbons (Fsp3) is 0.429. The van der Waals surface area contributed by atoms with E-state index in [1.807, 2.05) is 0 Å². The minimum atomic E-state index is -2.92. The third-order valence-corrected chi connectivity index (χ3v) is 3.18. The van der Waals surface area contributed by atoms with Crippen LogP contribution in [-0.2, 0) is 5.92 Å². The summed E-state index contributed by atoms with van der Waals surface area (Å²) in [6.45, 7) is 1.30. The number of nitrogens with two attached hydrogens (primary N) is 1. The Balaban J connectivity index is 2.97. The molecule has 1 heterocycles. The van der Waals surface area contributed by atoms with Crippen LogP contribution in [-0.4, -0.2) is 6.04 Å². The maximum atomic E-state index is 13.2. The van der Waals surface area contributed by atoms with Crippen LogP contribution in [0.5, 0.6) is 0 Å². The maximum Gasteiger partial charge on any atom is 0.296 e. The van der Waals surface area contributed by atoms with Crippen LogP contribution in [0.15, 0.2) is 15.9 Å². The van der Waals surface area contributed by atoms with Gasteiger partial charge in [0.1, 0.15) is 0 Å². The molecule has 0 spiro atoms. The van der Waals surface area contributed by atoms with Crippen LogP contribution in [0.4, 0.5) is 8.78 Å². The van der Waals surface area contributed by atoms with Gasteiger partial charge in [0.25, 0.3) is 5.92 Å². The SMILES string of the molecule is CC(N)C(F)(F)c1ccc(Br)s1. The van der Waals surface area contributed by atoms with Crippen molar-refractivity contribution >= 4 is 27.3 Å². The van der Waals surface area contributed by atoms with Gasteiger partial charge in [-0.1, -0.05) is 0 Å². The van der Waals surface area contributed by atoms with E-state index in [2.05, 4.69) is 15.9 Å². The second-order valence-electron chi connectivity index (χ2n) is 2.52.